The van der Waals surface area contributed by atoms with Gasteiger partial charge in [-0.05, 0) is 19.1 Å². The van der Waals surface area contributed by atoms with Crippen LogP contribution in [0.1, 0.15) is 22.8 Å². The normalized spacial score (nSPS) is 19.3. The first-order chi connectivity index (χ1) is 10.2. The van der Waals surface area contributed by atoms with Crippen LogP contribution >= 0.6 is 0 Å². The van der Waals surface area contributed by atoms with E-state index in [1.807, 2.05) is 43.3 Å². The van der Waals surface area contributed by atoms with Crippen LogP contribution in [0.25, 0.3) is 5.70 Å². The topological polar surface area (TPSA) is 52.2 Å². The minimum absolute atomic E-state index is 0.149. The van der Waals surface area contributed by atoms with Crippen molar-refractivity contribution in [3.05, 3.63) is 70.6 Å². The number of rotatable bonds is 3. The Bertz CT molecular complexity index is 710. The van der Waals surface area contributed by atoms with Gasteiger partial charge in [-0.1, -0.05) is 42.5 Å². The average molecular weight is 297 g/mol. The zero-order chi connectivity index (χ0) is 14.8. The highest BCUT2D eigenvalue weighted by Crippen LogP contribution is 2.37. The van der Waals surface area contributed by atoms with Crippen molar-refractivity contribution in [1.82, 2.24) is 5.32 Å². The van der Waals surface area contributed by atoms with Gasteiger partial charge >= 0.3 is 0 Å². The summed E-state index contributed by atoms with van der Waals surface area (Å²) in [5.41, 5.74) is 2.08. The third kappa shape index (κ3) is 2.37. The van der Waals surface area contributed by atoms with Crippen LogP contribution in [-0.2, 0) is 11.2 Å². The van der Waals surface area contributed by atoms with Crippen LogP contribution in [0, 0.1) is 0 Å². The maximum atomic E-state index is 12.7. The molecular formula is C17H15NO2S. The Morgan fingerprint density at radius 2 is 1.76 bits per heavy atom. The summed E-state index contributed by atoms with van der Waals surface area (Å²) in [6.45, 7) is 2.62. The number of allylic oxidation sites excluding steroid dienone is 1. The Hall–Kier alpha value is -2.04. The van der Waals surface area contributed by atoms with Crippen molar-refractivity contribution in [2.24, 2.45) is 0 Å². The number of carbonyl (C=O) groups excluding carboxylic acids is 1. The van der Waals surface area contributed by atoms with Crippen molar-refractivity contribution < 1.29 is 9.35 Å². The van der Waals surface area contributed by atoms with E-state index >= 15 is 0 Å². The third-order valence-electron chi connectivity index (χ3n) is 3.37. The van der Waals surface area contributed by atoms with Crippen LogP contribution in [0.4, 0.5) is 0 Å². The second kappa shape index (κ2) is 5.76. The zero-order valence-corrected chi connectivity index (χ0v) is 12.4. The van der Waals surface area contributed by atoms with Crippen molar-refractivity contribution in [3.63, 3.8) is 0 Å². The monoisotopic (exact) mass is 297 g/mol. The lowest BCUT2D eigenvalue weighted by Crippen LogP contribution is -2.18. The van der Waals surface area contributed by atoms with Gasteiger partial charge in [-0.15, -0.1) is 0 Å². The van der Waals surface area contributed by atoms with Crippen LogP contribution in [-0.4, -0.2) is 16.9 Å². The number of Topliss-reactive ketones (excluding diaryl/α,β-unsaturated/α-hetero) is 1. The van der Waals surface area contributed by atoms with Crippen molar-refractivity contribution in [1.29, 1.82) is 0 Å². The van der Waals surface area contributed by atoms with Crippen molar-refractivity contribution in [2.75, 3.05) is 6.54 Å². The SMILES string of the molecule is CCNC(=C1C(=O)c2ccccc2[S+]1[O-])c1ccccc1. The molecule has 0 fully saturated rings. The third-order valence-corrected chi connectivity index (χ3v) is 4.88. The van der Waals surface area contributed by atoms with Crippen LogP contribution in [0.3, 0.4) is 0 Å². The van der Waals surface area contributed by atoms with Gasteiger partial charge in [-0.25, -0.2) is 0 Å². The fraction of sp³-hybridized carbons (Fsp3) is 0.118. The first-order valence-corrected chi connectivity index (χ1v) is 7.98. The van der Waals surface area contributed by atoms with Crippen molar-refractivity contribution in [2.45, 2.75) is 11.8 Å². The molecule has 1 heterocycles. The molecule has 0 aromatic heterocycles. The first kappa shape index (κ1) is 13.9. The number of hydrogen-bond acceptors (Lipinski definition) is 3. The standard InChI is InChI=1S/C17H15NO2S/c1-2-18-15(12-8-4-3-5-9-12)17-16(19)13-10-6-7-11-14(13)21(17)20/h3-11,18H,2H2,1H3. The largest absolute Gasteiger partial charge is 0.606 e. The Balaban J connectivity index is 2.18. The Morgan fingerprint density at radius 1 is 1.10 bits per heavy atom. The minimum Gasteiger partial charge on any atom is -0.606 e. The molecule has 0 radical (unpaired) electrons. The van der Waals surface area contributed by atoms with Gasteiger partial charge < -0.3 is 9.87 Å². The summed E-state index contributed by atoms with van der Waals surface area (Å²) in [5.74, 6) is -0.149. The van der Waals surface area contributed by atoms with E-state index in [1.165, 1.54) is 0 Å². The number of nitrogens with one attached hydrogen (secondary N) is 1. The zero-order valence-electron chi connectivity index (χ0n) is 11.6. The molecule has 2 aromatic rings. The van der Waals surface area contributed by atoms with Gasteiger partial charge in [-0.3, -0.25) is 4.79 Å². The lowest BCUT2D eigenvalue weighted by Gasteiger charge is -2.13. The van der Waals surface area contributed by atoms with E-state index in [9.17, 15) is 9.35 Å². The lowest BCUT2D eigenvalue weighted by molar-refractivity contribution is 0.104. The molecule has 1 aliphatic rings. The molecule has 0 bridgehead atoms. The van der Waals surface area contributed by atoms with Gasteiger partial charge in [-0.2, -0.15) is 0 Å². The van der Waals surface area contributed by atoms with Crippen LogP contribution < -0.4 is 5.32 Å². The predicted octanol–water partition coefficient (Wildman–Crippen LogP) is 2.97. The van der Waals surface area contributed by atoms with E-state index < -0.39 is 11.2 Å². The second-order valence-corrected chi connectivity index (χ2v) is 6.08. The Labute approximate surface area is 126 Å². The second-order valence-electron chi connectivity index (χ2n) is 4.69. The molecule has 0 spiro atoms. The maximum absolute atomic E-state index is 12.7. The smallest absolute Gasteiger partial charge is 0.248 e. The molecule has 3 rings (SSSR count). The molecule has 0 amide bonds. The minimum atomic E-state index is -1.43. The van der Waals surface area contributed by atoms with Crippen molar-refractivity contribution in [3.8, 4) is 0 Å². The van der Waals surface area contributed by atoms with Gasteiger partial charge in [0, 0.05) is 23.3 Å². The lowest BCUT2D eigenvalue weighted by atomic mass is 10.1. The highest BCUT2D eigenvalue weighted by atomic mass is 32.2. The first-order valence-electron chi connectivity index (χ1n) is 6.83. The fourth-order valence-corrected chi connectivity index (χ4v) is 3.87. The molecule has 0 aliphatic carbocycles. The van der Waals surface area contributed by atoms with Crippen LogP contribution in [0.15, 0.2) is 64.4 Å². The summed E-state index contributed by atoms with van der Waals surface area (Å²) in [6.07, 6.45) is 0. The van der Waals surface area contributed by atoms with Gasteiger partial charge in [0.25, 0.3) is 0 Å². The highest BCUT2D eigenvalue weighted by molar-refractivity contribution is 7.97. The van der Waals surface area contributed by atoms with Gasteiger partial charge in [0.15, 0.2) is 4.90 Å². The summed E-state index contributed by atoms with van der Waals surface area (Å²) >= 11 is -1.43. The summed E-state index contributed by atoms with van der Waals surface area (Å²) < 4.78 is 12.7. The van der Waals surface area contributed by atoms with Crippen molar-refractivity contribution >= 4 is 22.7 Å². The maximum Gasteiger partial charge on any atom is 0.248 e. The molecular weight excluding hydrogens is 282 g/mol. The molecule has 4 heteroatoms. The molecule has 1 aliphatic heterocycles. The summed E-state index contributed by atoms with van der Waals surface area (Å²) in [7, 11) is 0. The summed E-state index contributed by atoms with van der Waals surface area (Å²) in [6, 6.07) is 16.7. The molecule has 1 unspecified atom stereocenters. The molecule has 21 heavy (non-hydrogen) atoms. The van der Waals surface area contributed by atoms with E-state index in [-0.39, 0.29) is 5.78 Å². The van der Waals surface area contributed by atoms with E-state index in [2.05, 4.69) is 5.32 Å². The van der Waals surface area contributed by atoms with Crippen LogP contribution in [0.2, 0.25) is 0 Å². The number of ketones is 1. The summed E-state index contributed by atoms with van der Waals surface area (Å²) in [4.78, 5) is 13.6. The number of benzene rings is 2. The molecule has 2 aromatic carbocycles. The summed E-state index contributed by atoms with van der Waals surface area (Å²) in [5, 5.41) is 3.20. The molecule has 3 nitrogen and oxygen atoms in total. The Kier molecular flexibility index (Phi) is 3.82. The number of carbonyl (C=O) groups is 1. The van der Waals surface area contributed by atoms with E-state index in [0.717, 1.165) is 5.56 Å². The van der Waals surface area contributed by atoms with E-state index in [1.54, 1.807) is 18.2 Å². The Morgan fingerprint density at radius 3 is 2.43 bits per heavy atom. The van der Waals surface area contributed by atoms with Gasteiger partial charge in [0.2, 0.25) is 10.7 Å². The van der Waals surface area contributed by atoms with Crippen LogP contribution in [0.5, 0.6) is 0 Å². The van der Waals surface area contributed by atoms with Gasteiger partial charge in [0.05, 0.1) is 5.56 Å². The average Bonchev–Trinajstić information content (AvgIpc) is 2.78. The fourth-order valence-electron chi connectivity index (χ4n) is 2.43. The molecule has 0 saturated carbocycles. The number of fused-ring (bicyclic) bond motifs is 1. The predicted molar refractivity (Wildman–Crippen MR) is 84.2 cm³/mol. The highest BCUT2D eigenvalue weighted by Gasteiger charge is 2.41. The van der Waals surface area contributed by atoms with E-state index in [0.29, 0.717) is 27.6 Å². The number of hydrogen-bond donors (Lipinski definition) is 1. The molecule has 106 valence electrons. The molecule has 1 N–H and O–H groups in total. The quantitative estimate of drug-likeness (QED) is 0.700. The molecule has 1 atom stereocenters. The van der Waals surface area contributed by atoms with Gasteiger partial charge in [0.1, 0.15) is 5.70 Å². The molecule has 0 saturated heterocycles. The van der Waals surface area contributed by atoms with E-state index in [4.69, 9.17) is 0 Å².